The molecule has 0 spiro atoms. The van der Waals surface area contributed by atoms with Crippen LogP contribution in [0.1, 0.15) is 37.6 Å². The summed E-state index contributed by atoms with van der Waals surface area (Å²) in [5.41, 5.74) is 0.609. The molecular weight excluding hydrogens is 474 g/mol. The van der Waals surface area contributed by atoms with E-state index < -0.39 is 22.8 Å². The van der Waals surface area contributed by atoms with Crippen molar-refractivity contribution in [2.45, 2.75) is 38.8 Å². The number of benzene rings is 1. The van der Waals surface area contributed by atoms with Crippen molar-refractivity contribution in [2.24, 2.45) is 0 Å². The minimum absolute atomic E-state index is 0.0357. The van der Waals surface area contributed by atoms with Crippen molar-refractivity contribution in [1.29, 1.82) is 0 Å². The molecule has 32 heavy (non-hydrogen) atoms. The standard InChI is InChI=1S/C21H20ClN3O5S2/c1-12(2)30-20(27)10-15(14-5-3-4-6-16(14)25(28)29)24-19(26)9-13-11-31-21(23-13)17-7-8-18(22)32-17/h3-8,11-12,15H,9-10H2,1-2H3,(H,24,26). The average molecular weight is 494 g/mol. The zero-order valence-electron chi connectivity index (χ0n) is 17.2. The highest BCUT2D eigenvalue weighted by Gasteiger charge is 2.27. The number of nitro groups is 1. The SMILES string of the molecule is CC(C)OC(=O)CC(NC(=O)Cc1csc(-c2ccc(Cl)s2)n1)c1ccccc1[N+](=O)[O-]. The van der Waals surface area contributed by atoms with Gasteiger partial charge < -0.3 is 10.1 Å². The maximum atomic E-state index is 12.7. The molecule has 3 aromatic rings. The highest BCUT2D eigenvalue weighted by molar-refractivity contribution is 7.23. The quantitative estimate of drug-likeness (QED) is 0.250. The van der Waals surface area contributed by atoms with Crippen LogP contribution in [0.25, 0.3) is 9.88 Å². The summed E-state index contributed by atoms with van der Waals surface area (Å²) < 4.78 is 5.82. The number of rotatable bonds is 9. The van der Waals surface area contributed by atoms with E-state index in [2.05, 4.69) is 10.3 Å². The zero-order valence-corrected chi connectivity index (χ0v) is 19.6. The Balaban J connectivity index is 1.77. The van der Waals surface area contributed by atoms with E-state index in [1.54, 1.807) is 31.4 Å². The molecule has 0 radical (unpaired) electrons. The molecule has 0 aliphatic rings. The maximum absolute atomic E-state index is 12.7. The number of esters is 1. The third kappa shape index (κ3) is 6.35. The second-order valence-electron chi connectivity index (χ2n) is 7.10. The van der Waals surface area contributed by atoms with Gasteiger partial charge in [0.25, 0.3) is 5.69 Å². The van der Waals surface area contributed by atoms with Gasteiger partial charge in [-0.3, -0.25) is 19.7 Å². The minimum Gasteiger partial charge on any atom is -0.463 e. The molecule has 168 valence electrons. The van der Waals surface area contributed by atoms with Crippen molar-refractivity contribution in [3.05, 3.63) is 67.5 Å². The minimum atomic E-state index is -0.912. The molecule has 0 saturated heterocycles. The fraction of sp³-hybridized carbons (Fsp3) is 0.286. The Labute approximate surface area is 197 Å². The summed E-state index contributed by atoms with van der Waals surface area (Å²) in [7, 11) is 0. The van der Waals surface area contributed by atoms with Gasteiger partial charge in [-0.2, -0.15) is 0 Å². The van der Waals surface area contributed by atoms with Gasteiger partial charge in [0.2, 0.25) is 5.91 Å². The van der Waals surface area contributed by atoms with Gasteiger partial charge in [0.1, 0.15) is 5.01 Å². The molecule has 11 heteroatoms. The summed E-state index contributed by atoms with van der Waals surface area (Å²) in [5.74, 6) is -0.972. The van der Waals surface area contributed by atoms with Crippen LogP contribution in [0.2, 0.25) is 4.34 Å². The van der Waals surface area contributed by atoms with Crippen LogP contribution in [0.4, 0.5) is 5.69 Å². The molecule has 0 saturated carbocycles. The Morgan fingerprint density at radius 2 is 2.00 bits per heavy atom. The second-order valence-corrected chi connectivity index (χ2v) is 9.68. The first-order chi connectivity index (χ1) is 15.2. The summed E-state index contributed by atoms with van der Waals surface area (Å²) in [5, 5.41) is 16.7. The number of ether oxygens (including phenoxy) is 1. The molecule has 0 aliphatic heterocycles. The molecule has 1 atom stereocenters. The molecular formula is C21H20ClN3O5S2. The average Bonchev–Trinajstić information content (AvgIpc) is 3.35. The van der Waals surface area contributed by atoms with Crippen molar-refractivity contribution >= 4 is 51.8 Å². The van der Waals surface area contributed by atoms with Crippen LogP contribution in [0.5, 0.6) is 0 Å². The van der Waals surface area contributed by atoms with Crippen molar-refractivity contribution in [1.82, 2.24) is 10.3 Å². The highest BCUT2D eigenvalue weighted by atomic mass is 35.5. The molecule has 8 nitrogen and oxygen atoms in total. The monoisotopic (exact) mass is 493 g/mol. The summed E-state index contributed by atoms with van der Waals surface area (Å²) in [6.07, 6.45) is -0.611. The smallest absolute Gasteiger partial charge is 0.308 e. The van der Waals surface area contributed by atoms with Crippen LogP contribution in [-0.4, -0.2) is 27.9 Å². The van der Waals surface area contributed by atoms with E-state index in [0.29, 0.717) is 10.0 Å². The number of thiazole rings is 1. The van der Waals surface area contributed by atoms with Crippen LogP contribution >= 0.6 is 34.3 Å². The number of aromatic nitrogens is 1. The number of para-hydroxylation sites is 1. The van der Waals surface area contributed by atoms with E-state index >= 15 is 0 Å². The molecule has 1 amide bonds. The first-order valence-corrected chi connectivity index (χ1v) is 11.7. The fourth-order valence-electron chi connectivity index (χ4n) is 3.01. The largest absolute Gasteiger partial charge is 0.463 e. The molecule has 2 heterocycles. The van der Waals surface area contributed by atoms with Crippen molar-refractivity contribution in [2.75, 3.05) is 0 Å². The number of carbonyl (C=O) groups is 2. The van der Waals surface area contributed by atoms with Gasteiger partial charge in [0, 0.05) is 11.4 Å². The number of thiophene rings is 1. The number of carbonyl (C=O) groups excluding carboxylic acids is 2. The van der Waals surface area contributed by atoms with Gasteiger partial charge in [-0.15, -0.1) is 22.7 Å². The summed E-state index contributed by atoms with van der Waals surface area (Å²) in [6.45, 7) is 3.41. The van der Waals surface area contributed by atoms with Gasteiger partial charge in [0.15, 0.2) is 0 Å². The van der Waals surface area contributed by atoms with Gasteiger partial charge in [0.05, 0.1) is 50.4 Å². The Morgan fingerprint density at radius 3 is 2.66 bits per heavy atom. The van der Waals surface area contributed by atoms with Crippen LogP contribution in [0.3, 0.4) is 0 Å². The first kappa shape index (κ1) is 23.8. The lowest BCUT2D eigenvalue weighted by Crippen LogP contribution is -2.32. The Morgan fingerprint density at radius 1 is 1.25 bits per heavy atom. The van der Waals surface area contributed by atoms with Gasteiger partial charge in [-0.1, -0.05) is 29.8 Å². The topological polar surface area (TPSA) is 111 Å². The number of nitrogens with zero attached hydrogens (tertiary/aromatic N) is 2. The Hall–Kier alpha value is -2.82. The molecule has 1 aromatic carbocycles. The number of halogens is 1. The predicted octanol–water partition coefficient (Wildman–Crippen LogP) is 5.17. The number of amides is 1. The van der Waals surface area contributed by atoms with E-state index in [4.69, 9.17) is 16.3 Å². The van der Waals surface area contributed by atoms with Gasteiger partial charge >= 0.3 is 5.97 Å². The van der Waals surface area contributed by atoms with E-state index in [1.807, 2.05) is 6.07 Å². The fourth-order valence-corrected chi connectivity index (χ4v) is 4.94. The predicted molar refractivity (Wildman–Crippen MR) is 124 cm³/mol. The van der Waals surface area contributed by atoms with Gasteiger partial charge in [-0.25, -0.2) is 4.98 Å². The van der Waals surface area contributed by atoms with Crippen LogP contribution in [0, 0.1) is 10.1 Å². The number of hydrogen-bond donors (Lipinski definition) is 1. The van der Waals surface area contributed by atoms with Crippen molar-refractivity contribution < 1.29 is 19.2 Å². The second kappa shape index (κ2) is 10.7. The number of nitrogens with one attached hydrogen (secondary N) is 1. The molecule has 2 aromatic heterocycles. The number of hydrogen-bond acceptors (Lipinski definition) is 8. The van der Waals surface area contributed by atoms with E-state index in [9.17, 15) is 19.7 Å². The van der Waals surface area contributed by atoms with Gasteiger partial charge in [-0.05, 0) is 26.0 Å². The number of nitro benzene ring substituents is 1. The normalized spacial score (nSPS) is 11.9. The summed E-state index contributed by atoms with van der Waals surface area (Å²) >= 11 is 8.76. The van der Waals surface area contributed by atoms with Crippen LogP contribution in [0.15, 0.2) is 41.8 Å². The van der Waals surface area contributed by atoms with E-state index in [1.165, 1.54) is 40.9 Å². The Kier molecular flexibility index (Phi) is 7.94. The molecule has 0 fully saturated rings. The Bertz CT molecular complexity index is 1130. The summed E-state index contributed by atoms with van der Waals surface area (Å²) in [6, 6.07) is 8.73. The zero-order chi connectivity index (χ0) is 23.3. The lowest BCUT2D eigenvalue weighted by molar-refractivity contribution is -0.385. The lowest BCUT2D eigenvalue weighted by atomic mass is 10.0. The lowest BCUT2D eigenvalue weighted by Gasteiger charge is -2.19. The van der Waals surface area contributed by atoms with Crippen LogP contribution < -0.4 is 5.32 Å². The van der Waals surface area contributed by atoms with Crippen molar-refractivity contribution in [3.63, 3.8) is 0 Å². The molecule has 0 bridgehead atoms. The summed E-state index contributed by atoms with van der Waals surface area (Å²) in [4.78, 5) is 41.3. The van der Waals surface area contributed by atoms with E-state index in [-0.39, 0.29) is 30.2 Å². The van der Waals surface area contributed by atoms with E-state index in [0.717, 1.165) is 9.88 Å². The molecule has 1 N–H and O–H groups in total. The van der Waals surface area contributed by atoms with Crippen molar-refractivity contribution in [3.8, 4) is 9.88 Å². The third-order valence-electron chi connectivity index (χ3n) is 4.26. The third-order valence-corrected chi connectivity index (χ3v) is 6.55. The first-order valence-electron chi connectivity index (χ1n) is 9.65. The molecule has 3 rings (SSSR count). The highest BCUT2D eigenvalue weighted by Crippen LogP contribution is 2.33. The molecule has 0 aliphatic carbocycles. The maximum Gasteiger partial charge on any atom is 0.308 e. The molecule has 1 unspecified atom stereocenters. The van der Waals surface area contributed by atoms with Crippen LogP contribution in [-0.2, 0) is 20.7 Å².